The van der Waals surface area contributed by atoms with E-state index in [2.05, 4.69) is 41.3 Å². The average molecular weight is 366 g/mol. The van der Waals surface area contributed by atoms with Crippen molar-refractivity contribution < 1.29 is 9.47 Å². The van der Waals surface area contributed by atoms with E-state index in [0.717, 1.165) is 29.3 Å². The van der Waals surface area contributed by atoms with Gasteiger partial charge in [-0.2, -0.15) is 0 Å². The first kappa shape index (κ1) is 18.9. The van der Waals surface area contributed by atoms with Gasteiger partial charge in [-0.15, -0.1) is 0 Å². The number of nitrogens with one attached hydrogen (secondary N) is 1. The summed E-state index contributed by atoms with van der Waals surface area (Å²) >= 11 is 0. The van der Waals surface area contributed by atoms with Gasteiger partial charge in [0.1, 0.15) is 6.61 Å². The molecule has 2 aromatic heterocycles. The summed E-state index contributed by atoms with van der Waals surface area (Å²) in [6.45, 7) is 6.13. The van der Waals surface area contributed by atoms with Crippen molar-refractivity contribution in [2.24, 2.45) is 0 Å². The molecule has 0 saturated carbocycles. The van der Waals surface area contributed by atoms with Gasteiger partial charge in [-0.25, -0.2) is 4.98 Å². The quantitative estimate of drug-likeness (QED) is 0.628. The predicted octanol–water partition coefficient (Wildman–Crippen LogP) is 3.52. The molecule has 0 bridgehead atoms. The zero-order valence-electron chi connectivity index (χ0n) is 16.1. The van der Waals surface area contributed by atoms with Crippen molar-refractivity contribution in [2.45, 2.75) is 33.0 Å². The van der Waals surface area contributed by atoms with Crippen LogP contribution in [0.2, 0.25) is 0 Å². The van der Waals surface area contributed by atoms with Gasteiger partial charge in [0, 0.05) is 36.7 Å². The summed E-state index contributed by atoms with van der Waals surface area (Å²) < 4.78 is 13.6. The fourth-order valence-corrected chi connectivity index (χ4v) is 3.01. The molecule has 0 aliphatic carbocycles. The molecule has 0 aliphatic rings. The standard InChI is InChI=1S/C21H26N4O2/c1-16-6-5-9-23-20(16)17(2)24-14-18-7-4-8-19(26-3)21(18)27-13-12-25-11-10-22-15-25/h4-11,15,17,24H,12-14H2,1-3H3/t17-/m1/s1. The summed E-state index contributed by atoms with van der Waals surface area (Å²) in [5, 5.41) is 3.54. The lowest BCUT2D eigenvalue weighted by Crippen LogP contribution is -2.20. The van der Waals surface area contributed by atoms with Crippen molar-refractivity contribution in [2.75, 3.05) is 13.7 Å². The van der Waals surface area contributed by atoms with Crippen LogP contribution < -0.4 is 14.8 Å². The van der Waals surface area contributed by atoms with Crippen molar-refractivity contribution >= 4 is 0 Å². The highest BCUT2D eigenvalue weighted by Crippen LogP contribution is 2.31. The lowest BCUT2D eigenvalue weighted by molar-refractivity contribution is 0.276. The lowest BCUT2D eigenvalue weighted by Gasteiger charge is -2.19. The largest absolute Gasteiger partial charge is 0.493 e. The number of rotatable bonds is 9. The summed E-state index contributed by atoms with van der Waals surface area (Å²) in [5.41, 5.74) is 3.29. The molecule has 1 atom stereocenters. The number of hydrogen-bond acceptors (Lipinski definition) is 5. The van der Waals surface area contributed by atoms with Gasteiger partial charge in [-0.05, 0) is 31.5 Å². The molecule has 0 aliphatic heterocycles. The minimum atomic E-state index is 0.135. The first-order chi connectivity index (χ1) is 13.2. The zero-order valence-corrected chi connectivity index (χ0v) is 16.1. The van der Waals surface area contributed by atoms with E-state index in [9.17, 15) is 0 Å². The molecule has 0 fully saturated rings. The minimum Gasteiger partial charge on any atom is -0.493 e. The second kappa shape index (κ2) is 9.19. The molecular weight excluding hydrogens is 340 g/mol. The number of pyridine rings is 1. The Hall–Kier alpha value is -2.86. The summed E-state index contributed by atoms with van der Waals surface area (Å²) in [6.07, 6.45) is 7.30. The second-order valence-corrected chi connectivity index (χ2v) is 6.41. The Balaban J connectivity index is 1.67. The number of aryl methyl sites for hydroxylation is 1. The molecule has 0 unspecified atom stereocenters. The summed E-state index contributed by atoms with van der Waals surface area (Å²) in [5.74, 6) is 1.51. The number of ether oxygens (including phenoxy) is 2. The van der Waals surface area contributed by atoms with Crippen LogP contribution in [0.1, 0.15) is 29.8 Å². The van der Waals surface area contributed by atoms with Crippen LogP contribution in [0, 0.1) is 6.92 Å². The molecular formula is C21H26N4O2. The van der Waals surface area contributed by atoms with Crippen molar-refractivity contribution in [3.05, 3.63) is 72.1 Å². The van der Waals surface area contributed by atoms with Crippen molar-refractivity contribution in [3.63, 3.8) is 0 Å². The molecule has 3 aromatic rings. The van der Waals surface area contributed by atoms with E-state index in [1.54, 1.807) is 19.6 Å². The van der Waals surface area contributed by atoms with Crippen LogP contribution >= 0.6 is 0 Å². The van der Waals surface area contributed by atoms with Gasteiger partial charge in [0.05, 0.1) is 25.7 Å². The number of benzene rings is 1. The molecule has 0 spiro atoms. The van der Waals surface area contributed by atoms with Crippen molar-refractivity contribution in [1.82, 2.24) is 19.9 Å². The maximum Gasteiger partial charge on any atom is 0.165 e. The number of para-hydroxylation sites is 1. The molecule has 27 heavy (non-hydrogen) atoms. The number of hydrogen-bond donors (Lipinski definition) is 1. The first-order valence-corrected chi connectivity index (χ1v) is 9.08. The van der Waals surface area contributed by atoms with Crippen LogP contribution in [0.4, 0.5) is 0 Å². The molecule has 6 nitrogen and oxygen atoms in total. The van der Waals surface area contributed by atoms with Crippen LogP contribution in [-0.2, 0) is 13.1 Å². The Kier molecular flexibility index (Phi) is 6.44. The number of methoxy groups -OCH3 is 1. The van der Waals surface area contributed by atoms with Gasteiger partial charge in [0.2, 0.25) is 0 Å². The molecule has 0 radical (unpaired) electrons. The highest BCUT2D eigenvalue weighted by atomic mass is 16.5. The van der Waals surface area contributed by atoms with E-state index in [0.29, 0.717) is 13.2 Å². The smallest absolute Gasteiger partial charge is 0.165 e. The summed E-state index contributed by atoms with van der Waals surface area (Å²) in [4.78, 5) is 8.55. The van der Waals surface area contributed by atoms with Gasteiger partial charge in [0.25, 0.3) is 0 Å². The molecule has 1 N–H and O–H groups in total. The Morgan fingerprint density at radius 2 is 2.07 bits per heavy atom. The highest BCUT2D eigenvalue weighted by Gasteiger charge is 2.14. The topological polar surface area (TPSA) is 61.2 Å². The molecule has 6 heteroatoms. The molecule has 1 aromatic carbocycles. The Morgan fingerprint density at radius 3 is 2.81 bits per heavy atom. The van der Waals surface area contributed by atoms with Crippen LogP contribution in [0.3, 0.4) is 0 Å². The van der Waals surface area contributed by atoms with Crippen molar-refractivity contribution in [3.8, 4) is 11.5 Å². The van der Waals surface area contributed by atoms with Crippen LogP contribution in [0.25, 0.3) is 0 Å². The molecule has 2 heterocycles. The fourth-order valence-electron chi connectivity index (χ4n) is 3.01. The first-order valence-electron chi connectivity index (χ1n) is 9.08. The normalized spacial score (nSPS) is 12.0. The van der Waals surface area contributed by atoms with E-state index >= 15 is 0 Å². The molecule has 3 rings (SSSR count). The molecule has 0 amide bonds. The van der Waals surface area contributed by atoms with E-state index < -0.39 is 0 Å². The molecule has 0 saturated heterocycles. The maximum absolute atomic E-state index is 6.06. The Morgan fingerprint density at radius 1 is 1.19 bits per heavy atom. The van der Waals surface area contributed by atoms with Crippen LogP contribution in [0.15, 0.2) is 55.2 Å². The summed E-state index contributed by atoms with van der Waals surface area (Å²) in [7, 11) is 1.66. The van der Waals surface area contributed by atoms with Crippen LogP contribution in [-0.4, -0.2) is 28.3 Å². The third-order valence-corrected chi connectivity index (χ3v) is 4.49. The van der Waals surface area contributed by atoms with E-state index in [1.165, 1.54) is 5.56 Å². The Labute approximate surface area is 160 Å². The highest BCUT2D eigenvalue weighted by molar-refractivity contribution is 5.46. The molecule has 142 valence electrons. The van der Waals surface area contributed by atoms with Gasteiger partial charge >= 0.3 is 0 Å². The average Bonchev–Trinajstić information content (AvgIpc) is 3.20. The number of aromatic nitrogens is 3. The Bertz CT molecular complexity index is 849. The lowest BCUT2D eigenvalue weighted by atomic mass is 10.1. The third-order valence-electron chi connectivity index (χ3n) is 4.49. The SMILES string of the molecule is COc1cccc(CN[C@H](C)c2ncccc2C)c1OCCn1ccnc1. The second-order valence-electron chi connectivity index (χ2n) is 6.41. The zero-order chi connectivity index (χ0) is 19.1. The van der Waals surface area contributed by atoms with E-state index in [4.69, 9.17) is 9.47 Å². The van der Waals surface area contributed by atoms with Crippen molar-refractivity contribution in [1.29, 1.82) is 0 Å². The minimum absolute atomic E-state index is 0.135. The van der Waals surface area contributed by atoms with Gasteiger partial charge < -0.3 is 19.4 Å². The monoisotopic (exact) mass is 366 g/mol. The summed E-state index contributed by atoms with van der Waals surface area (Å²) in [6, 6.07) is 10.1. The third kappa shape index (κ3) is 4.86. The van der Waals surface area contributed by atoms with E-state index in [1.807, 2.05) is 35.2 Å². The van der Waals surface area contributed by atoms with Gasteiger partial charge in [-0.1, -0.05) is 18.2 Å². The van der Waals surface area contributed by atoms with Gasteiger partial charge in [-0.3, -0.25) is 4.98 Å². The van der Waals surface area contributed by atoms with Gasteiger partial charge in [0.15, 0.2) is 11.5 Å². The number of imidazole rings is 1. The van der Waals surface area contributed by atoms with E-state index in [-0.39, 0.29) is 6.04 Å². The maximum atomic E-state index is 6.06. The predicted molar refractivity (Wildman–Crippen MR) is 105 cm³/mol. The number of nitrogens with zero attached hydrogens (tertiary/aromatic N) is 3. The van der Waals surface area contributed by atoms with Crippen LogP contribution in [0.5, 0.6) is 11.5 Å². The fraction of sp³-hybridized carbons (Fsp3) is 0.333.